The number of aryl methyl sites for hydroxylation is 2. The smallest absolute Gasteiger partial charge is 0.251 e. The van der Waals surface area contributed by atoms with Crippen LogP contribution in [0.2, 0.25) is 0 Å². The van der Waals surface area contributed by atoms with Crippen molar-refractivity contribution < 1.29 is 4.79 Å². The molecule has 0 saturated carbocycles. The minimum absolute atomic E-state index is 0.0281. The van der Waals surface area contributed by atoms with Crippen molar-refractivity contribution >= 4 is 16.8 Å². The molecule has 1 aromatic heterocycles. The zero-order valence-electron chi connectivity index (χ0n) is 14.3. The number of amides is 1. The zero-order chi connectivity index (χ0) is 17.6. The highest BCUT2D eigenvalue weighted by Crippen LogP contribution is 2.15. The maximum atomic E-state index is 12.2. The van der Waals surface area contributed by atoms with Crippen molar-refractivity contribution in [3.63, 3.8) is 0 Å². The summed E-state index contributed by atoms with van der Waals surface area (Å²) in [6.07, 6.45) is 1.56. The topological polar surface area (TPSA) is 62.0 Å². The van der Waals surface area contributed by atoms with Crippen LogP contribution in [0.5, 0.6) is 0 Å². The third-order valence-electron chi connectivity index (χ3n) is 4.37. The van der Waals surface area contributed by atoms with Crippen molar-refractivity contribution in [1.82, 2.24) is 10.3 Å². The number of H-pyrrole nitrogens is 1. The van der Waals surface area contributed by atoms with Gasteiger partial charge in [-0.3, -0.25) is 9.59 Å². The van der Waals surface area contributed by atoms with Crippen LogP contribution in [0, 0.1) is 6.92 Å². The van der Waals surface area contributed by atoms with Gasteiger partial charge in [0.1, 0.15) is 0 Å². The summed E-state index contributed by atoms with van der Waals surface area (Å²) < 4.78 is 0. The monoisotopic (exact) mass is 334 g/mol. The molecule has 0 radical (unpaired) electrons. The van der Waals surface area contributed by atoms with E-state index in [1.165, 1.54) is 5.56 Å². The molecule has 0 aliphatic heterocycles. The normalized spacial score (nSPS) is 10.8. The summed E-state index contributed by atoms with van der Waals surface area (Å²) in [5, 5.41) is 3.92. The van der Waals surface area contributed by atoms with Gasteiger partial charge in [-0.05, 0) is 42.3 Å². The molecule has 25 heavy (non-hydrogen) atoms. The highest BCUT2D eigenvalue weighted by atomic mass is 16.1. The van der Waals surface area contributed by atoms with Gasteiger partial charge in [0, 0.05) is 18.5 Å². The van der Waals surface area contributed by atoms with Crippen LogP contribution in [0.15, 0.2) is 59.4 Å². The van der Waals surface area contributed by atoms with Gasteiger partial charge in [0.2, 0.25) is 5.91 Å². The largest absolute Gasteiger partial charge is 0.356 e. The molecule has 128 valence electrons. The average molecular weight is 334 g/mol. The lowest BCUT2D eigenvalue weighted by Crippen LogP contribution is -2.26. The summed E-state index contributed by atoms with van der Waals surface area (Å²) in [5.74, 6) is -0.0281. The highest BCUT2D eigenvalue weighted by Gasteiger charge is 2.07. The van der Waals surface area contributed by atoms with E-state index in [1.54, 1.807) is 0 Å². The van der Waals surface area contributed by atoms with E-state index < -0.39 is 0 Å². The van der Waals surface area contributed by atoms with Crippen LogP contribution in [-0.4, -0.2) is 17.4 Å². The number of aromatic nitrogens is 1. The molecule has 0 bridgehead atoms. The highest BCUT2D eigenvalue weighted by molar-refractivity contribution is 5.82. The molecule has 3 aromatic rings. The second-order valence-corrected chi connectivity index (χ2v) is 6.25. The third-order valence-corrected chi connectivity index (χ3v) is 4.37. The summed E-state index contributed by atoms with van der Waals surface area (Å²) in [6, 6.07) is 17.8. The maximum Gasteiger partial charge on any atom is 0.251 e. The second-order valence-electron chi connectivity index (χ2n) is 6.25. The summed E-state index contributed by atoms with van der Waals surface area (Å²) in [7, 11) is 0. The lowest BCUT2D eigenvalue weighted by molar-refractivity contribution is -0.121. The van der Waals surface area contributed by atoms with Gasteiger partial charge in [0.15, 0.2) is 0 Å². The lowest BCUT2D eigenvalue weighted by atomic mass is 10.1. The maximum absolute atomic E-state index is 12.2. The fourth-order valence-corrected chi connectivity index (χ4v) is 2.94. The molecule has 2 N–H and O–H groups in total. The van der Waals surface area contributed by atoms with Gasteiger partial charge in [-0.2, -0.15) is 0 Å². The van der Waals surface area contributed by atoms with Crippen molar-refractivity contribution in [2.45, 2.75) is 26.2 Å². The number of pyridine rings is 1. The molecule has 2 aromatic carbocycles. The van der Waals surface area contributed by atoms with Crippen LogP contribution in [0.25, 0.3) is 10.9 Å². The van der Waals surface area contributed by atoms with Gasteiger partial charge in [0.05, 0.1) is 5.52 Å². The molecule has 0 fully saturated rings. The number of para-hydroxylation sites is 1. The van der Waals surface area contributed by atoms with Crippen LogP contribution in [0.1, 0.15) is 23.1 Å². The quantitative estimate of drug-likeness (QED) is 0.727. The summed E-state index contributed by atoms with van der Waals surface area (Å²) in [6.45, 7) is 2.58. The van der Waals surface area contributed by atoms with Crippen LogP contribution in [0.3, 0.4) is 0 Å². The van der Waals surface area contributed by atoms with Crippen molar-refractivity contribution in [2.24, 2.45) is 0 Å². The van der Waals surface area contributed by atoms with Gasteiger partial charge in [-0.25, -0.2) is 0 Å². The number of carbonyl (C=O) groups excluding carboxylic acids is 1. The standard InChI is InChI=1S/C21H22N2O2/c1-15-6-5-9-17-14-18(21(25)23-20(15)17)10-11-19(24)22-13-12-16-7-3-2-4-8-16/h2-9,14H,10-13H2,1H3,(H,22,24)(H,23,25). The first-order chi connectivity index (χ1) is 12.1. The Kier molecular flexibility index (Phi) is 5.29. The van der Waals surface area contributed by atoms with Crippen molar-refractivity contribution in [3.05, 3.63) is 81.6 Å². The Labute approximate surface area is 146 Å². The van der Waals surface area contributed by atoms with E-state index in [1.807, 2.05) is 61.5 Å². The molecule has 1 amide bonds. The number of fused-ring (bicyclic) bond motifs is 1. The molecular weight excluding hydrogens is 312 g/mol. The summed E-state index contributed by atoms with van der Waals surface area (Å²) >= 11 is 0. The lowest BCUT2D eigenvalue weighted by Gasteiger charge is -2.07. The van der Waals surface area contributed by atoms with Gasteiger partial charge in [-0.15, -0.1) is 0 Å². The van der Waals surface area contributed by atoms with Crippen LogP contribution < -0.4 is 10.9 Å². The minimum Gasteiger partial charge on any atom is -0.356 e. The first-order valence-electron chi connectivity index (χ1n) is 8.55. The number of hydrogen-bond acceptors (Lipinski definition) is 2. The van der Waals surface area contributed by atoms with E-state index in [9.17, 15) is 9.59 Å². The van der Waals surface area contributed by atoms with Crippen LogP contribution in [0.4, 0.5) is 0 Å². The van der Waals surface area contributed by atoms with E-state index in [2.05, 4.69) is 10.3 Å². The molecule has 4 nitrogen and oxygen atoms in total. The minimum atomic E-state index is -0.112. The Morgan fingerprint density at radius 1 is 1.04 bits per heavy atom. The third kappa shape index (κ3) is 4.35. The predicted octanol–water partition coefficient (Wildman–Crippen LogP) is 3.13. The fourth-order valence-electron chi connectivity index (χ4n) is 2.94. The number of hydrogen-bond donors (Lipinski definition) is 2. The molecule has 0 spiro atoms. The molecule has 4 heteroatoms. The number of nitrogens with one attached hydrogen (secondary N) is 2. The molecule has 1 heterocycles. The Balaban J connectivity index is 1.56. The molecular formula is C21H22N2O2. The van der Waals surface area contributed by atoms with E-state index in [0.717, 1.165) is 22.9 Å². The van der Waals surface area contributed by atoms with Gasteiger partial charge < -0.3 is 10.3 Å². The second kappa shape index (κ2) is 7.79. The van der Waals surface area contributed by atoms with E-state index in [-0.39, 0.29) is 11.5 Å². The van der Waals surface area contributed by atoms with Gasteiger partial charge in [0.25, 0.3) is 5.56 Å². The van der Waals surface area contributed by atoms with Crippen LogP contribution in [-0.2, 0) is 17.6 Å². The SMILES string of the molecule is Cc1cccc2cc(CCC(=O)NCCc3ccccc3)c(=O)[nH]c12. The van der Waals surface area contributed by atoms with E-state index >= 15 is 0 Å². The predicted molar refractivity (Wildman–Crippen MR) is 101 cm³/mol. The summed E-state index contributed by atoms with van der Waals surface area (Å²) in [4.78, 5) is 27.1. The first-order valence-corrected chi connectivity index (χ1v) is 8.55. The van der Waals surface area contributed by atoms with E-state index in [4.69, 9.17) is 0 Å². The number of rotatable bonds is 6. The molecule has 0 aliphatic rings. The fraction of sp³-hybridized carbons (Fsp3) is 0.238. The number of carbonyl (C=O) groups is 1. The number of benzene rings is 2. The Morgan fingerprint density at radius 2 is 1.84 bits per heavy atom. The average Bonchev–Trinajstić information content (AvgIpc) is 2.62. The van der Waals surface area contributed by atoms with E-state index in [0.29, 0.717) is 24.9 Å². The van der Waals surface area contributed by atoms with Crippen molar-refractivity contribution in [3.8, 4) is 0 Å². The first kappa shape index (κ1) is 17.0. The van der Waals surface area contributed by atoms with Crippen molar-refractivity contribution in [1.29, 1.82) is 0 Å². The Bertz CT molecular complexity index is 930. The number of aromatic amines is 1. The molecule has 3 rings (SSSR count). The summed E-state index contributed by atoms with van der Waals surface area (Å²) in [5.41, 5.74) is 3.64. The van der Waals surface area contributed by atoms with Crippen molar-refractivity contribution in [2.75, 3.05) is 6.54 Å². The van der Waals surface area contributed by atoms with Gasteiger partial charge >= 0.3 is 0 Å². The Morgan fingerprint density at radius 3 is 2.64 bits per heavy atom. The molecule has 0 unspecified atom stereocenters. The molecule has 0 atom stereocenters. The Hall–Kier alpha value is -2.88. The van der Waals surface area contributed by atoms with Gasteiger partial charge in [-0.1, -0.05) is 48.5 Å². The van der Waals surface area contributed by atoms with Crippen LogP contribution >= 0.6 is 0 Å². The molecule has 0 aliphatic carbocycles. The molecule has 0 saturated heterocycles. The zero-order valence-corrected chi connectivity index (χ0v) is 14.3.